The highest BCUT2D eigenvalue weighted by Crippen LogP contribution is 2.32. The maximum atomic E-state index is 13.4. The highest BCUT2D eigenvalue weighted by atomic mass is 16.5. The molecule has 0 saturated carbocycles. The van der Waals surface area contributed by atoms with E-state index in [-0.39, 0.29) is 11.7 Å². The van der Waals surface area contributed by atoms with E-state index in [4.69, 9.17) is 4.74 Å². The first-order valence-corrected chi connectivity index (χ1v) is 12.4. The smallest absolute Gasteiger partial charge is 0.238 e. The number of rotatable bonds is 10. The van der Waals surface area contributed by atoms with Crippen molar-refractivity contribution < 1.29 is 14.3 Å². The van der Waals surface area contributed by atoms with Crippen LogP contribution in [0.15, 0.2) is 84.9 Å². The number of aromatic nitrogens is 1. The first-order chi connectivity index (χ1) is 17.4. The van der Waals surface area contributed by atoms with Crippen molar-refractivity contribution in [2.45, 2.75) is 45.6 Å². The van der Waals surface area contributed by atoms with Gasteiger partial charge in [0, 0.05) is 23.2 Å². The first-order valence-electron chi connectivity index (χ1n) is 12.4. The summed E-state index contributed by atoms with van der Waals surface area (Å²) in [6.45, 7) is 6.14. The molecule has 1 aromatic heterocycles. The Morgan fingerprint density at radius 2 is 1.69 bits per heavy atom. The summed E-state index contributed by atoms with van der Waals surface area (Å²) in [5.74, 6) is 0.152. The summed E-state index contributed by atoms with van der Waals surface area (Å²) in [7, 11) is 0. The van der Waals surface area contributed by atoms with E-state index < -0.39 is 5.41 Å². The van der Waals surface area contributed by atoms with Crippen LogP contribution in [0.3, 0.4) is 0 Å². The molecular weight excluding hydrogens is 448 g/mol. The number of nitrogens with one attached hydrogen (secondary N) is 1. The fourth-order valence-electron chi connectivity index (χ4n) is 4.75. The van der Waals surface area contributed by atoms with Crippen LogP contribution in [0, 0.1) is 6.92 Å². The average Bonchev–Trinajstić information content (AvgIpc) is 2.88. The number of ketones is 1. The molecule has 5 heteroatoms. The summed E-state index contributed by atoms with van der Waals surface area (Å²) < 4.78 is 6.16. The molecule has 0 spiro atoms. The molecule has 1 unspecified atom stereocenters. The Morgan fingerprint density at radius 1 is 0.944 bits per heavy atom. The molecule has 5 nitrogen and oxygen atoms in total. The summed E-state index contributed by atoms with van der Waals surface area (Å²) in [6.07, 6.45) is 1.06. The van der Waals surface area contributed by atoms with Crippen LogP contribution in [0.4, 0.5) is 0 Å². The lowest BCUT2D eigenvalue weighted by Crippen LogP contribution is -2.49. The van der Waals surface area contributed by atoms with Crippen molar-refractivity contribution in [2.75, 3.05) is 6.54 Å². The second-order valence-corrected chi connectivity index (χ2v) is 9.06. The van der Waals surface area contributed by atoms with Gasteiger partial charge >= 0.3 is 0 Å². The predicted octanol–water partition coefficient (Wildman–Crippen LogP) is 5.72. The Balaban J connectivity index is 1.54. The monoisotopic (exact) mass is 480 g/mol. The molecule has 36 heavy (non-hydrogen) atoms. The number of benzene rings is 3. The number of ether oxygens (including phenoxy) is 1. The van der Waals surface area contributed by atoms with Crippen molar-refractivity contribution in [2.24, 2.45) is 0 Å². The van der Waals surface area contributed by atoms with Gasteiger partial charge in [0.05, 0.1) is 5.52 Å². The average molecular weight is 481 g/mol. The van der Waals surface area contributed by atoms with Crippen LogP contribution in [-0.4, -0.2) is 23.2 Å². The molecule has 0 bridgehead atoms. The molecule has 0 fully saturated rings. The van der Waals surface area contributed by atoms with E-state index in [9.17, 15) is 9.59 Å². The quantitative estimate of drug-likeness (QED) is 0.295. The largest absolute Gasteiger partial charge is 0.489 e. The van der Waals surface area contributed by atoms with Gasteiger partial charge in [-0.1, -0.05) is 67.6 Å². The van der Waals surface area contributed by atoms with Gasteiger partial charge in [-0.05, 0) is 62.1 Å². The van der Waals surface area contributed by atoms with Gasteiger partial charge in [-0.25, -0.2) is 0 Å². The first kappa shape index (κ1) is 25.1. The van der Waals surface area contributed by atoms with Gasteiger partial charge in [0.1, 0.15) is 23.6 Å². The number of fused-ring (bicyclic) bond motifs is 1. The Labute approximate surface area is 212 Å². The van der Waals surface area contributed by atoms with Crippen molar-refractivity contribution in [1.82, 2.24) is 10.3 Å². The molecular formula is C31H32N2O3. The van der Waals surface area contributed by atoms with Crippen LogP contribution in [0.2, 0.25) is 0 Å². The maximum Gasteiger partial charge on any atom is 0.238 e. The molecule has 0 radical (unpaired) electrons. The number of amides is 1. The minimum Gasteiger partial charge on any atom is -0.489 e. The Bertz CT molecular complexity index is 1370. The van der Waals surface area contributed by atoms with Crippen molar-refractivity contribution >= 4 is 22.6 Å². The summed E-state index contributed by atoms with van der Waals surface area (Å²) in [5.41, 5.74) is 3.40. The topological polar surface area (TPSA) is 68.3 Å². The molecule has 4 rings (SSSR count). The molecule has 3 aromatic carbocycles. The molecule has 0 aliphatic rings. The second-order valence-electron chi connectivity index (χ2n) is 9.06. The van der Waals surface area contributed by atoms with Gasteiger partial charge in [-0.3, -0.25) is 14.6 Å². The van der Waals surface area contributed by atoms with Gasteiger partial charge in [-0.2, -0.15) is 0 Å². The second kappa shape index (κ2) is 11.2. The molecule has 4 aromatic rings. The SMILES string of the molecule is CCC(C(C)=O)(C(=O)NCCc1ccccc1)c1cccc(OCc2cc(C)nc3ccccc23)c1. The fourth-order valence-corrected chi connectivity index (χ4v) is 4.75. The van der Waals surface area contributed by atoms with E-state index in [1.165, 1.54) is 6.92 Å². The number of pyridine rings is 1. The van der Waals surface area contributed by atoms with E-state index in [1.807, 2.05) is 98.8 Å². The Kier molecular flexibility index (Phi) is 7.79. The number of para-hydroxylation sites is 1. The van der Waals surface area contributed by atoms with Crippen LogP contribution in [-0.2, 0) is 28.0 Å². The fraction of sp³-hybridized carbons (Fsp3) is 0.258. The number of carbonyl (C=O) groups is 2. The van der Waals surface area contributed by atoms with E-state index in [0.29, 0.717) is 37.3 Å². The normalized spacial score (nSPS) is 12.6. The van der Waals surface area contributed by atoms with Crippen molar-refractivity contribution in [3.63, 3.8) is 0 Å². The number of carbonyl (C=O) groups excluding carboxylic acids is 2. The van der Waals surface area contributed by atoms with Crippen LogP contribution in [0.5, 0.6) is 5.75 Å². The lowest BCUT2D eigenvalue weighted by molar-refractivity contribution is -0.135. The zero-order valence-corrected chi connectivity index (χ0v) is 21.1. The van der Waals surface area contributed by atoms with Crippen molar-refractivity contribution in [3.05, 3.63) is 107 Å². The highest BCUT2D eigenvalue weighted by molar-refractivity contribution is 6.10. The number of Topliss-reactive ketones (excluding diaryl/α,β-unsaturated/α-hetero) is 1. The predicted molar refractivity (Wildman–Crippen MR) is 143 cm³/mol. The minimum absolute atomic E-state index is 0.185. The van der Waals surface area contributed by atoms with Gasteiger partial charge in [-0.15, -0.1) is 0 Å². The highest BCUT2D eigenvalue weighted by Gasteiger charge is 2.43. The summed E-state index contributed by atoms with van der Waals surface area (Å²) in [5, 5.41) is 4.04. The van der Waals surface area contributed by atoms with Gasteiger partial charge < -0.3 is 10.1 Å². The van der Waals surface area contributed by atoms with Crippen LogP contribution < -0.4 is 10.1 Å². The van der Waals surface area contributed by atoms with E-state index >= 15 is 0 Å². The lowest BCUT2D eigenvalue weighted by atomic mass is 9.74. The zero-order chi connectivity index (χ0) is 25.5. The number of hydrogen-bond donors (Lipinski definition) is 1. The van der Waals surface area contributed by atoms with Crippen molar-refractivity contribution in [1.29, 1.82) is 0 Å². The third-order valence-corrected chi connectivity index (χ3v) is 6.71. The molecule has 1 heterocycles. The zero-order valence-electron chi connectivity index (χ0n) is 21.1. The summed E-state index contributed by atoms with van der Waals surface area (Å²) in [6, 6.07) is 27.3. The molecule has 0 aliphatic heterocycles. The molecule has 184 valence electrons. The molecule has 0 aliphatic carbocycles. The van der Waals surface area contributed by atoms with E-state index in [2.05, 4.69) is 10.3 Å². The Morgan fingerprint density at radius 3 is 2.44 bits per heavy atom. The number of hydrogen-bond acceptors (Lipinski definition) is 4. The van der Waals surface area contributed by atoms with Crippen molar-refractivity contribution in [3.8, 4) is 5.75 Å². The van der Waals surface area contributed by atoms with Crippen LogP contribution in [0.1, 0.15) is 42.7 Å². The lowest BCUT2D eigenvalue weighted by Gasteiger charge is -2.29. The van der Waals surface area contributed by atoms with Gasteiger partial charge in [0.2, 0.25) is 5.91 Å². The maximum absolute atomic E-state index is 13.4. The third kappa shape index (κ3) is 5.30. The van der Waals surface area contributed by atoms with Crippen LogP contribution in [0.25, 0.3) is 10.9 Å². The summed E-state index contributed by atoms with van der Waals surface area (Å²) >= 11 is 0. The van der Waals surface area contributed by atoms with Gasteiger partial charge in [0.15, 0.2) is 0 Å². The minimum atomic E-state index is -1.27. The number of aryl methyl sites for hydroxylation is 1. The molecule has 0 saturated heterocycles. The molecule has 1 amide bonds. The van der Waals surface area contributed by atoms with E-state index in [0.717, 1.165) is 27.7 Å². The summed E-state index contributed by atoms with van der Waals surface area (Å²) in [4.78, 5) is 31.0. The van der Waals surface area contributed by atoms with Crippen LogP contribution >= 0.6 is 0 Å². The third-order valence-electron chi connectivity index (χ3n) is 6.71. The standard InChI is InChI=1S/C31H32N2O3/c1-4-31(23(3)34,30(35)32-18-17-24-11-6-5-7-12-24)26-13-10-14-27(20-26)36-21-25-19-22(2)33-29-16-9-8-15-28(25)29/h5-16,19-20H,4,17-18,21H2,1-3H3,(H,32,35). The van der Waals surface area contributed by atoms with Gasteiger partial charge in [0.25, 0.3) is 0 Å². The molecule has 1 N–H and O–H groups in total. The van der Waals surface area contributed by atoms with E-state index in [1.54, 1.807) is 0 Å². The number of nitrogens with zero attached hydrogens (tertiary/aromatic N) is 1. The molecule has 1 atom stereocenters. The Hall–Kier alpha value is -3.99.